The van der Waals surface area contributed by atoms with Crippen molar-refractivity contribution < 1.29 is 0 Å². The van der Waals surface area contributed by atoms with Crippen molar-refractivity contribution >= 4 is 11.8 Å². The van der Waals surface area contributed by atoms with Crippen molar-refractivity contribution in [3.05, 3.63) is 23.9 Å². The first-order valence-electron chi connectivity index (χ1n) is 7.34. The normalized spacial score (nSPS) is 16.9. The quantitative estimate of drug-likeness (QED) is 0.675. The van der Waals surface area contributed by atoms with E-state index in [0.717, 1.165) is 24.5 Å². The van der Waals surface area contributed by atoms with Crippen LogP contribution in [-0.2, 0) is 6.54 Å². The van der Waals surface area contributed by atoms with Gasteiger partial charge < -0.3 is 15.5 Å². The van der Waals surface area contributed by atoms with E-state index in [2.05, 4.69) is 20.9 Å². The number of likely N-dealkylation sites (tertiary alicyclic amines) is 1. The second-order valence-electron chi connectivity index (χ2n) is 5.49. The van der Waals surface area contributed by atoms with Gasteiger partial charge in [-0.3, -0.25) is 0 Å². The van der Waals surface area contributed by atoms with E-state index in [1.165, 1.54) is 25.7 Å². The molecule has 0 aliphatic carbocycles. The van der Waals surface area contributed by atoms with Crippen LogP contribution < -0.4 is 10.6 Å². The molecule has 1 saturated heterocycles. The lowest BCUT2D eigenvalue weighted by Crippen LogP contribution is -2.38. The molecule has 1 fully saturated rings. The SMILES string of the molecule is CN(C)c1cc(CN=C(N)N2CCCCCC2)ccn1. The molecule has 2 heterocycles. The van der Waals surface area contributed by atoms with Gasteiger partial charge in [-0.1, -0.05) is 12.8 Å². The van der Waals surface area contributed by atoms with Crippen LogP contribution in [0.15, 0.2) is 23.3 Å². The summed E-state index contributed by atoms with van der Waals surface area (Å²) in [5, 5.41) is 0. The van der Waals surface area contributed by atoms with Gasteiger partial charge in [-0.25, -0.2) is 9.98 Å². The molecule has 0 unspecified atom stereocenters. The highest BCUT2D eigenvalue weighted by molar-refractivity contribution is 5.78. The summed E-state index contributed by atoms with van der Waals surface area (Å²) in [5.41, 5.74) is 7.25. The fraction of sp³-hybridized carbons (Fsp3) is 0.600. The van der Waals surface area contributed by atoms with Crippen LogP contribution in [-0.4, -0.2) is 43.0 Å². The standard InChI is InChI=1S/C15H25N5/c1-19(2)14-11-13(7-8-17-14)12-18-15(16)20-9-5-3-4-6-10-20/h7-8,11H,3-6,9-10,12H2,1-2H3,(H2,16,18). The molecule has 0 spiro atoms. The van der Waals surface area contributed by atoms with E-state index in [1.807, 2.05) is 31.3 Å². The first kappa shape index (κ1) is 14.6. The summed E-state index contributed by atoms with van der Waals surface area (Å²) in [6.45, 7) is 2.69. The lowest BCUT2D eigenvalue weighted by atomic mass is 10.2. The van der Waals surface area contributed by atoms with Crippen LogP contribution >= 0.6 is 0 Å². The zero-order valence-electron chi connectivity index (χ0n) is 12.5. The van der Waals surface area contributed by atoms with Gasteiger partial charge in [0.15, 0.2) is 5.96 Å². The third-order valence-electron chi connectivity index (χ3n) is 3.62. The van der Waals surface area contributed by atoms with Gasteiger partial charge in [-0.2, -0.15) is 0 Å². The Morgan fingerprint density at radius 2 is 2.00 bits per heavy atom. The molecule has 0 amide bonds. The van der Waals surface area contributed by atoms with Crippen LogP contribution in [0.5, 0.6) is 0 Å². The zero-order chi connectivity index (χ0) is 14.4. The van der Waals surface area contributed by atoms with E-state index >= 15 is 0 Å². The van der Waals surface area contributed by atoms with Gasteiger partial charge in [0, 0.05) is 33.4 Å². The summed E-state index contributed by atoms with van der Waals surface area (Å²) in [6.07, 6.45) is 6.87. The van der Waals surface area contributed by atoms with Gasteiger partial charge in [-0.05, 0) is 30.5 Å². The Balaban J connectivity index is 1.98. The Labute approximate surface area is 121 Å². The number of nitrogens with two attached hydrogens (primary N) is 1. The number of pyridine rings is 1. The first-order valence-corrected chi connectivity index (χ1v) is 7.34. The smallest absolute Gasteiger partial charge is 0.191 e. The molecule has 2 N–H and O–H groups in total. The molecule has 1 aromatic heterocycles. The maximum atomic E-state index is 6.11. The molecule has 5 heteroatoms. The van der Waals surface area contributed by atoms with E-state index in [0.29, 0.717) is 12.5 Å². The maximum Gasteiger partial charge on any atom is 0.191 e. The van der Waals surface area contributed by atoms with Gasteiger partial charge >= 0.3 is 0 Å². The molecule has 1 aliphatic heterocycles. The Morgan fingerprint density at radius 3 is 2.65 bits per heavy atom. The molecule has 1 aromatic rings. The Morgan fingerprint density at radius 1 is 1.30 bits per heavy atom. The molecule has 110 valence electrons. The molecule has 0 bridgehead atoms. The minimum Gasteiger partial charge on any atom is -0.370 e. The Hall–Kier alpha value is -1.78. The summed E-state index contributed by atoms with van der Waals surface area (Å²) >= 11 is 0. The third kappa shape index (κ3) is 4.11. The van der Waals surface area contributed by atoms with E-state index in [-0.39, 0.29) is 0 Å². The second kappa shape index (κ2) is 7.12. The van der Waals surface area contributed by atoms with Crippen molar-refractivity contribution in [2.45, 2.75) is 32.2 Å². The van der Waals surface area contributed by atoms with Crippen molar-refractivity contribution in [2.24, 2.45) is 10.7 Å². The monoisotopic (exact) mass is 275 g/mol. The number of hydrogen-bond acceptors (Lipinski definition) is 3. The second-order valence-corrected chi connectivity index (χ2v) is 5.49. The lowest BCUT2D eigenvalue weighted by molar-refractivity contribution is 0.428. The molecular weight excluding hydrogens is 250 g/mol. The fourth-order valence-electron chi connectivity index (χ4n) is 2.38. The van der Waals surface area contributed by atoms with Crippen molar-refractivity contribution in [3.63, 3.8) is 0 Å². The lowest BCUT2D eigenvalue weighted by Gasteiger charge is -2.21. The van der Waals surface area contributed by atoms with Crippen LogP contribution in [0.1, 0.15) is 31.2 Å². The number of anilines is 1. The molecular formula is C15H25N5. The van der Waals surface area contributed by atoms with Crippen LogP contribution in [0, 0.1) is 0 Å². The fourth-order valence-corrected chi connectivity index (χ4v) is 2.38. The van der Waals surface area contributed by atoms with Crippen molar-refractivity contribution in [1.82, 2.24) is 9.88 Å². The molecule has 0 saturated carbocycles. The van der Waals surface area contributed by atoms with Crippen LogP contribution in [0.4, 0.5) is 5.82 Å². The van der Waals surface area contributed by atoms with E-state index < -0.39 is 0 Å². The van der Waals surface area contributed by atoms with Gasteiger partial charge in [0.25, 0.3) is 0 Å². The van der Waals surface area contributed by atoms with Crippen molar-refractivity contribution in [1.29, 1.82) is 0 Å². The number of rotatable bonds is 3. The Bertz CT molecular complexity index is 447. The predicted octanol–water partition coefficient (Wildman–Crippen LogP) is 1.84. The average molecular weight is 275 g/mol. The highest BCUT2D eigenvalue weighted by Crippen LogP contribution is 2.12. The molecule has 1 aliphatic rings. The number of nitrogens with zero attached hydrogens (tertiary/aromatic N) is 4. The largest absolute Gasteiger partial charge is 0.370 e. The summed E-state index contributed by atoms with van der Waals surface area (Å²) in [4.78, 5) is 13.0. The van der Waals surface area contributed by atoms with Gasteiger partial charge in [0.2, 0.25) is 0 Å². The molecule has 20 heavy (non-hydrogen) atoms. The predicted molar refractivity (Wildman–Crippen MR) is 83.9 cm³/mol. The number of aliphatic imine (C=N–C) groups is 1. The molecule has 0 radical (unpaired) electrons. The van der Waals surface area contributed by atoms with Crippen LogP contribution in [0.3, 0.4) is 0 Å². The third-order valence-corrected chi connectivity index (χ3v) is 3.62. The molecule has 2 rings (SSSR count). The Kier molecular flexibility index (Phi) is 5.21. The summed E-state index contributed by atoms with van der Waals surface area (Å²) in [6, 6.07) is 4.05. The number of guanidine groups is 1. The topological polar surface area (TPSA) is 57.8 Å². The minimum absolute atomic E-state index is 0.617. The van der Waals surface area contributed by atoms with Gasteiger partial charge in [0.1, 0.15) is 5.82 Å². The highest BCUT2D eigenvalue weighted by Gasteiger charge is 2.10. The van der Waals surface area contributed by atoms with E-state index in [1.54, 1.807) is 0 Å². The van der Waals surface area contributed by atoms with Crippen molar-refractivity contribution in [3.8, 4) is 0 Å². The zero-order valence-corrected chi connectivity index (χ0v) is 12.5. The first-order chi connectivity index (χ1) is 9.66. The highest BCUT2D eigenvalue weighted by atomic mass is 15.2. The minimum atomic E-state index is 0.617. The number of hydrogen-bond donors (Lipinski definition) is 1. The summed E-state index contributed by atoms with van der Waals surface area (Å²) < 4.78 is 0. The van der Waals surface area contributed by atoms with Crippen molar-refractivity contribution in [2.75, 3.05) is 32.1 Å². The summed E-state index contributed by atoms with van der Waals surface area (Å²) in [5.74, 6) is 1.63. The van der Waals surface area contributed by atoms with E-state index in [9.17, 15) is 0 Å². The van der Waals surface area contributed by atoms with E-state index in [4.69, 9.17) is 5.73 Å². The van der Waals surface area contributed by atoms with Crippen LogP contribution in [0.25, 0.3) is 0 Å². The maximum absolute atomic E-state index is 6.11. The van der Waals surface area contributed by atoms with Gasteiger partial charge in [-0.15, -0.1) is 0 Å². The summed E-state index contributed by atoms with van der Waals surface area (Å²) in [7, 11) is 3.97. The average Bonchev–Trinajstić information content (AvgIpc) is 2.74. The van der Waals surface area contributed by atoms with Crippen LogP contribution in [0.2, 0.25) is 0 Å². The van der Waals surface area contributed by atoms with Gasteiger partial charge in [0.05, 0.1) is 6.54 Å². The molecule has 5 nitrogen and oxygen atoms in total. The molecule has 0 atom stereocenters. The number of aromatic nitrogens is 1. The molecule has 0 aromatic carbocycles.